The lowest BCUT2D eigenvalue weighted by molar-refractivity contribution is 0.0461. The molecule has 0 unspecified atom stereocenters. The number of esters is 1. The van der Waals surface area contributed by atoms with Gasteiger partial charge in [0.05, 0.1) is 12.1 Å². The van der Waals surface area contributed by atoms with Crippen molar-refractivity contribution in [2.45, 2.75) is 6.61 Å². The molecule has 0 radical (unpaired) electrons. The van der Waals surface area contributed by atoms with E-state index in [1.54, 1.807) is 20.2 Å². The van der Waals surface area contributed by atoms with Crippen molar-refractivity contribution in [1.82, 2.24) is 4.57 Å². The second-order valence-electron chi connectivity index (χ2n) is 4.16. The van der Waals surface area contributed by atoms with Gasteiger partial charge < -0.3 is 14.0 Å². The molecule has 4 nitrogen and oxygen atoms in total. The summed E-state index contributed by atoms with van der Waals surface area (Å²) in [4.78, 5) is 12.0. The lowest BCUT2D eigenvalue weighted by Crippen LogP contribution is -2.10. The zero-order valence-electron chi connectivity index (χ0n) is 11.0. The predicted molar refractivity (Wildman–Crippen MR) is 77.5 cm³/mol. The van der Waals surface area contributed by atoms with E-state index < -0.39 is 5.97 Å². The standard InChI is InChI=1S/C14H13Cl2NO3/c1-17-12(7-11(15)13(17)16)14(18)20-8-9-4-3-5-10(6-9)19-2/h3-7H,8H2,1-2H3. The van der Waals surface area contributed by atoms with Gasteiger partial charge in [0.25, 0.3) is 0 Å². The van der Waals surface area contributed by atoms with Crippen LogP contribution in [0.4, 0.5) is 0 Å². The van der Waals surface area contributed by atoms with Gasteiger partial charge in [-0.25, -0.2) is 4.79 Å². The van der Waals surface area contributed by atoms with E-state index in [4.69, 9.17) is 32.7 Å². The van der Waals surface area contributed by atoms with Crippen molar-refractivity contribution in [1.29, 1.82) is 0 Å². The number of hydrogen-bond acceptors (Lipinski definition) is 3. The van der Waals surface area contributed by atoms with Crippen molar-refractivity contribution in [3.8, 4) is 5.75 Å². The van der Waals surface area contributed by atoms with Crippen molar-refractivity contribution in [2.24, 2.45) is 7.05 Å². The molecule has 0 amide bonds. The Morgan fingerprint density at radius 3 is 2.65 bits per heavy atom. The van der Waals surface area contributed by atoms with Crippen LogP contribution in [0.3, 0.4) is 0 Å². The van der Waals surface area contributed by atoms with Crippen molar-refractivity contribution in [2.75, 3.05) is 7.11 Å². The Labute approximate surface area is 126 Å². The van der Waals surface area contributed by atoms with Crippen molar-refractivity contribution in [3.63, 3.8) is 0 Å². The van der Waals surface area contributed by atoms with Crippen LogP contribution in [-0.4, -0.2) is 17.6 Å². The van der Waals surface area contributed by atoms with Crippen LogP contribution >= 0.6 is 23.2 Å². The minimum absolute atomic E-state index is 0.149. The average Bonchev–Trinajstić information content (AvgIpc) is 2.72. The summed E-state index contributed by atoms with van der Waals surface area (Å²) in [5, 5.41) is 0.627. The summed E-state index contributed by atoms with van der Waals surface area (Å²) in [5.74, 6) is 0.229. The zero-order chi connectivity index (χ0) is 14.7. The van der Waals surface area contributed by atoms with Crippen LogP contribution in [0.2, 0.25) is 10.2 Å². The Hall–Kier alpha value is -1.65. The van der Waals surface area contributed by atoms with E-state index in [2.05, 4.69) is 0 Å². The molecular formula is C14H13Cl2NO3. The highest BCUT2D eigenvalue weighted by atomic mass is 35.5. The van der Waals surface area contributed by atoms with Crippen molar-refractivity contribution in [3.05, 3.63) is 51.8 Å². The molecule has 0 spiro atoms. The summed E-state index contributed by atoms with van der Waals surface area (Å²) < 4.78 is 11.8. The first-order valence-corrected chi connectivity index (χ1v) is 6.59. The molecule has 106 valence electrons. The summed E-state index contributed by atoms with van der Waals surface area (Å²) in [6.45, 7) is 0.149. The van der Waals surface area contributed by atoms with Crippen molar-refractivity contribution >= 4 is 29.2 Å². The van der Waals surface area contributed by atoms with Gasteiger partial charge in [-0.2, -0.15) is 0 Å². The lowest BCUT2D eigenvalue weighted by atomic mass is 10.2. The Morgan fingerprint density at radius 2 is 2.05 bits per heavy atom. The molecule has 20 heavy (non-hydrogen) atoms. The van der Waals surface area contributed by atoms with Crippen LogP contribution in [-0.2, 0) is 18.4 Å². The highest BCUT2D eigenvalue weighted by Gasteiger charge is 2.17. The number of ether oxygens (including phenoxy) is 2. The summed E-state index contributed by atoms with van der Waals surface area (Å²) in [6, 6.07) is 8.79. The molecular weight excluding hydrogens is 301 g/mol. The quantitative estimate of drug-likeness (QED) is 0.808. The highest BCUT2D eigenvalue weighted by molar-refractivity contribution is 6.41. The summed E-state index contributed by atoms with van der Waals surface area (Å²) in [5.41, 5.74) is 1.15. The number of halogens is 2. The molecule has 0 aliphatic heterocycles. The first-order valence-electron chi connectivity index (χ1n) is 5.83. The smallest absolute Gasteiger partial charge is 0.355 e. The third-order valence-corrected chi connectivity index (χ3v) is 3.67. The van der Waals surface area contributed by atoms with Crippen LogP contribution < -0.4 is 4.74 Å². The number of nitrogens with zero attached hydrogens (tertiary/aromatic N) is 1. The van der Waals surface area contributed by atoms with Crippen LogP contribution in [0, 0.1) is 0 Å². The van der Waals surface area contributed by atoms with Gasteiger partial charge >= 0.3 is 5.97 Å². The maximum absolute atomic E-state index is 12.0. The van der Waals surface area contributed by atoms with Gasteiger partial charge in [-0.15, -0.1) is 0 Å². The van der Waals surface area contributed by atoms with E-state index in [0.29, 0.717) is 21.6 Å². The van der Waals surface area contributed by atoms with Gasteiger partial charge in [0.2, 0.25) is 0 Å². The predicted octanol–water partition coefficient (Wildman–Crippen LogP) is 3.70. The Kier molecular flexibility index (Phi) is 4.57. The van der Waals surface area contributed by atoms with Crippen molar-refractivity contribution < 1.29 is 14.3 Å². The van der Waals surface area contributed by atoms with Crippen LogP contribution in [0.5, 0.6) is 5.75 Å². The maximum atomic E-state index is 12.0. The molecule has 0 N–H and O–H groups in total. The second-order valence-corrected chi connectivity index (χ2v) is 4.92. The topological polar surface area (TPSA) is 40.5 Å². The molecule has 0 saturated carbocycles. The maximum Gasteiger partial charge on any atom is 0.355 e. The molecule has 1 aromatic carbocycles. The van der Waals surface area contributed by atoms with Crippen LogP contribution in [0.25, 0.3) is 0 Å². The molecule has 1 aromatic heterocycles. The average molecular weight is 314 g/mol. The number of carbonyl (C=O) groups excluding carboxylic acids is 1. The molecule has 6 heteroatoms. The number of rotatable bonds is 4. The molecule has 2 rings (SSSR count). The van der Waals surface area contributed by atoms with Gasteiger partial charge in [-0.1, -0.05) is 35.3 Å². The molecule has 1 heterocycles. The number of hydrogen-bond donors (Lipinski definition) is 0. The molecule has 0 aliphatic rings. The second kappa shape index (κ2) is 6.20. The number of carbonyl (C=O) groups is 1. The monoisotopic (exact) mass is 313 g/mol. The number of methoxy groups -OCH3 is 1. The van der Waals surface area contributed by atoms with Gasteiger partial charge in [-0.05, 0) is 23.8 Å². The van der Waals surface area contributed by atoms with Crippen LogP contribution in [0.15, 0.2) is 30.3 Å². The minimum Gasteiger partial charge on any atom is -0.497 e. The van der Waals surface area contributed by atoms with E-state index in [9.17, 15) is 4.79 Å². The molecule has 0 fully saturated rings. The molecule has 0 bridgehead atoms. The fraction of sp³-hybridized carbons (Fsp3) is 0.214. The minimum atomic E-state index is -0.482. The SMILES string of the molecule is COc1cccc(COC(=O)c2cc(Cl)c(Cl)n2C)c1. The van der Waals surface area contributed by atoms with E-state index in [0.717, 1.165) is 5.56 Å². The summed E-state index contributed by atoms with van der Waals surface area (Å²) in [7, 11) is 3.23. The van der Waals surface area contributed by atoms with Gasteiger partial charge in [0.15, 0.2) is 0 Å². The fourth-order valence-corrected chi connectivity index (χ4v) is 2.10. The molecule has 0 saturated heterocycles. The largest absolute Gasteiger partial charge is 0.497 e. The normalized spacial score (nSPS) is 10.4. The summed E-state index contributed by atoms with van der Waals surface area (Å²) in [6.07, 6.45) is 0. The van der Waals surface area contributed by atoms with Gasteiger partial charge in [0.1, 0.15) is 23.2 Å². The lowest BCUT2D eigenvalue weighted by Gasteiger charge is -2.07. The first kappa shape index (κ1) is 14.8. The Morgan fingerprint density at radius 1 is 1.30 bits per heavy atom. The number of benzene rings is 1. The highest BCUT2D eigenvalue weighted by Crippen LogP contribution is 2.25. The van der Waals surface area contributed by atoms with E-state index in [1.165, 1.54) is 10.6 Å². The summed E-state index contributed by atoms with van der Waals surface area (Å²) >= 11 is 11.8. The van der Waals surface area contributed by atoms with E-state index in [-0.39, 0.29) is 6.61 Å². The first-order chi connectivity index (χ1) is 9.52. The molecule has 2 aromatic rings. The van der Waals surface area contributed by atoms with Gasteiger partial charge in [0, 0.05) is 7.05 Å². The van der Waals surface area contributed by atoms with Gasteiger partial charge in [-0.3, -0.25) is 0 Å². The Balaban J connectivity index is 2.06. The fourth-order valence-electron chi connectivity index (χ4n) is 1.72. The van der Waals surface area contributed by atoms with E-state index in [1.807, 2.05) is 18.2 Å². The van der Waals surface area contributed by atoms with E-state index >= 15 is 0 Å². The Bertz CT molecular complexity index is 637. The molecule has 0 aliphatic carbocycles. The van der Waals surface area contributed by atoms with Crippen LogP contribution in [0.1, 0.15) is 16.1 Å². The third kappa shape index (κ3) is 3.08. The third-order valence-electron chi connectivity index (χ3n) is 2.83. The number of aromatic nitrogens is 1. The molecule has 0 atom stereocenters. The zero-order valence-corrected chi connectivity index (χ0v) is 12.5.